The van der Waals surface area contributed by atoms with Crippen LogP contribution in [-0.4, -0.2) is 47.0 Å². The van der Waals surface area contributed by atoms with Crippen LogP contribution in [0.25, 0.3) is 0 Å². The van der Waals surface area contributed by atoms with Crippen LogP contribution in [0.3, 0.4) is 0 Å². The van der Waals surface area contributed by atoms with Crippen molar-refractivity contribution in [3.05, 3.63) is 23.3 Å². The highest BCUT2D eigenvalue weighted by Gasteiger charge is 2.23. The molecule has 5 heteroatoms. The molecule has 1 atom stereocenters. The van der Waals surface area contributed by atoms with Crippen molar-refractivity contribution < 1.29 is 4.79 Å². The van der Waals surface area contributed by atoms with E-state index in [0.717, 1.165) is 38.0 Å². The van der Waals surface area contributed by atoms with Crippen LogP contribution in [0.5, 0.6) is 0 Å². The highest BCUT2D eigenvalue weighted by Crippen LogP contribution is 2.25. The molecule has 1 N–H and O–H groups in total. The molecule has 0 radical (unpaired) electrons. The Kier molecular flexibility index (Phi) is 4.71. The highest BCUT2D eigenvalue weighted by molar-refractivity contribution is 5.92. The maximum atomic E-state index is 12.4. The summed E-state index contributed by atoms with van der Waals surface area (Å²) < 4.78 is 0. The quantitative estimate of drug-likeness (QED) is 0.930. The van der Waals surface area contributed by atoms with Crippen LogP contribution < -0.4 is 5.32 Å². The zero-order valence-electron chi connectivity index (χ0n) is 13.6. The number of hydrogen-bond donors (Lipinski definition) is 1. The fourth-order valence-corrected chi connectivity index (χ4v) is 3.65. The summed E-state index contributed by atoms with van der Waals surface area (Å²) in [7, 11) is 2.15. The summed E-state index contributed by atoms with van der Waals surface area (Å²) in [5.41, 5.74) is 1.55. The van der Waals surface area contributed by atoms with E-state index >= 15 is 0 Å². The van der Waals surface area contributed by atoms with E-state index in [9.17, 15) is 4.79 Å². The summed E-state index contributed by atoms with van der Waals surface area (Å²) in [6.45, 7) is 4.04. The van der Waals surface area contributed by atoms with Gasteiger partial charge in [-0.15, -0.1) is 0 Å². The Hall–Kier alpha value is -1.49. The number of rotatable bonds is 3. The summed E-state index contributed by atoms with van der Waals surface area (Å²) in [5, 5.41) is 3.12. The standard InChI is InChI=1S/C17H26N4O/c1-12-18-15(13-6-5-9-21(2)11-13)10-16(19-12)17(22)20-14-7-3-4-8-14/h10,13-14H,3-9,11H2,1-2H3,(H,20,22). The molecule has 120 valence electrons. The Morgan fingerprint density at radius 1 is 1.23 bits per heavy atom. The van der Waals surface area contributed by atoms with Crippen molar-refractivity contribution in [2.45, 2.75) is 57.4 Å². The zero-order chi connectivity index (χ0) is 15.5. The van der Waals surface area contributed by atoms with Gasteiger partial charge >= 0.3 is 0 Å². The van der Waals surface area contributed by atoms with Gasteiger partial charge in [-0.05, 0) is 52.3 Å². The van der Waals surface area contributed by atoms with E-state index < -0.39 is 0 Å². The number of aryl methyl sites for hydroxylation is 1. The number of carbonyl (C=O) groups excluding carboxylic acids is 1. The zero-order valence-corrected chi connectivity index (χ0v) is 13.6. The molecule has 0 spiro atoms. The number of aromatic nitrogens is 2. The van der Waals surface area contributed by atoms with Crippen molar-refractivity contribution >= 4 is 5.91 Å². The Balaban J connectivity index is 1.75. The minimum absolute atomic E-state index is 0.0391. The van der Waals surface area contributed by atoms with E-state index in [2.05, 4.69) is 27.2 Å². The van der Waals surface area contributed by atoms with Gasteiger partial charge in [-0.2, -0.15) is 0 Å². The smallest absolute Gasteiger partial charge is 0.270 e. The van der Waals surface area contributed by atoms with Crippen LogP contribution in [-0.2, 0) is 0 Å². The molecule has 1 aromatic rings. The lowest BCUT2D eigenvalue weighted by Gasteiger charge is -2.29. The van der Waals surface area contributed by atoms with E-state index in [0.29, 0.717) is 23.5 Å². The number of amides is 1. The first-order valence-electron chi connectivity index (χ1n) is 8.47. The fraction of sp³-hybridized carbons (Fsp3) is 0.706. The molecule has 1 aromatic heterocycles. The summed E-state index contributed by atoms with van der Waals surface area (Å²) in [5.74, 6) is 1.07. The number of likely N-dealkylation sites (tertiary alicyclic amines) is 1. The van der Waals surface area contributed by atoms with Crippen molar-refractivity contribution in [3.8, 4) is 0 Å². The number of likely N-dealkylation sites (N-methyl/N-ethyl adjacent to an activating group) is 1. The second-order valence-corrected chi connectivity index (χ2v) is 6.78. The minimum atomic E-state index is -0.0391. The summed E-state index contributed by atoms with van der Waals surface area (Å²) in [6.07, 6.45) is 6.95. The third-order valence-electron chi connectivity index (χ3n) is 4.82. The molecule has 1 aliphatic heterocycles. The van der Waals surface area contributed by atoms with Crippen molar-refractivity contribution in [1.29, 1.82) is 0 Å². The Morgan fingerprint density at radius 2 is 2.00 bits per heavy atom. The summed E-state index contributed by atoms with van der Waals surface area (Å²) in [4.78, 5) is 23.7. The van der Waals surface area contributed by atoms with Crippen LogP contribution in [0, 0.1) is 6.92 Å². The van der Waals surface area contributed by atoms with Crippen LogP contribution in [0.1, 0.15) is 66.4 Å². The second-order valence-electron chi connectivity index (χ2n) is 6.78. The Labute approximate surface area is 132 Å². The number of hydrogen-bond acceptors (Lipinski definition) is 4. The summed E-state index contributed by atoms with van der Waals surface area (Å²) >= 11 is 0. The van der Waals surface area contributed by atoms with Gasteiger partial charge in [-0.1, -0.05) is 12.8 Å². The molecule has 1 aliphatic carbocycles. The van der Waals surface area contributed by atoms with Gasteiger partial charge in [0.2, 0.25) is 0 Å². The molecule has 2 fully saturated rings. The maximum Gasteiger partial charge on any atom is 0.270 e. The number of nitrogens with one attached hydrogen (secondary N) is 1. The third-order valence-corrected chi connectivity index (χ3v) is 4.82. The van der Waals surface area contributed by atoms with Crippen LogP contribution >= 0.6 is 0 Å². The number of piperidine rings is 1. The number of carbonyl (C=O) groups is 1. The lowest BCUT2D eigenvalue weighted by Crippen LogP contribution is -2.34. The molecule has 0 aromatic carbocycles. The molecule has 2 aliphatic rings. The molecule has 2 heterocycles. The monoisotopic (exact) mass is 302 g/mol. The van der Waals surface area contributed by atoms with Crippen LogP contribution in [0.4, 0.5) is 0 Å². The number of nitrogens with zero attached hydrogens (tertiary/aromatic N) is 3. The van der Waals surface area contributed by atoms with Gasteiger partial charge in [0.05, 0.1) is 0 Å². The maximum absolute atomic E-state index is 12.4. The van der Waals surface area contributed by atoms with Gasteiger partial charge in [0.25, 0.3) is 5.91 Å². The summed E-state index contributed by atoms with van der Waals surface area (Å²) in [6, 6.07) is 2.23. The van der Waals surface area contributed by atoms with Crippen LogP contribution in [0.15, 0.2) is 6.07 Å². The Morgan fingerprint density at radius 3 is 2.73 bits per heavy atom. The first kappa shape index (κ1) is 15.4. The SMILES string of the molecule is Cc1nc(C(=O)NC2CCCC2)cc(C2CCCN(C)C2)n1. The normalized spacial score (nSPS) is 23.6. The van der Waals surface area contributed by atoms with Gasteiger partial charge in [-0.25, -0.2) is 9.97 Å². The second kappa shape index (κ2) is 6.73. The lowest BCUT2D eigenvalue weighted by molar-refractivity contribution is 0.0932. The van der Waals surface area contributed by atoms with E-state index in [1.165, 1.54) is 19.3 Å². The minimum Gasteiger partial charge on any atom is -0.348 e. The van der Waals surface area contributed by atoms with Crippen molar-refractivity contribution in [2.75, 3.05) is 20.1 Å². The van der Waals surface area contributed by atoms with Gasteiger partial charge < -0.3 is 10.2 Å². The topological polar surface area (TPSA) is 58.1 Å². The predicted octanol–water partition coefficient (Wildman–Crippen LogP) is 2.27. The molecular formula is C17H26N4O. The molecule has 0 bridgehead atoms. The molecule has 22 heavy (non-hydrogen) atoms. The van der Waals surface area contributed by atoms with E-state index in [1.54, 1.807) is 0 Å². The van der Waals surface area contributed by atoms with E-state index in [1.807, 2.05) is 13.0 Å². The highest BCUT2D eigenvalue weighted by atomic mass is 16.1. The molecule has 1 amide bonds. The first-order valence-corrected chi connectivity index (χ1v) is 8.47. The largest absolute Gasteiger partial charge is 0.348 e. The average molecular weight is 302 g/mol. The molecule has 1 saturated carbocycles. The van der Waals surface area contributed by atoms with E-state index in [4.69, 9.17) is 0 Å². The van der Waals surface area contributed by atoms with Gasteiger partial charge in [-0.3, -0.25) is 4.79 Å². The average Bonchev–Trinajstić information content (AvgIpc) is 2.99. The van der Waals surface area contributed by atoms with Gasteiger partial charge in [0, 0.05) is 24.2 Å². The predicted molar refractivity (Wildman–Crippen MR) is 86.0 cm³/mol. The molecule has 1 saturated heterocycles. The molecular weight excluding hydrogens is 276 g/mol. The molecule has 3 rings (SSSR count). The lowest BCUT2D eigenvalue weighted by atomic mass is 9.94. The van der Waals surface area contributed by atoms with E-state index in [-0.39, 0.29) is 5.91 Å². The van der Waals surface area contributed by atoms with Crippen molar-refractivity contribution in [2.24, 2.45) is 0 Å². The van der Waals surface area contributed by atoms with Gasteiger partial charge in [0.15, 0.2) is 0 Å². The van der Waals surface area contributed by atoms with Gasteiger partial charge in [0.1, 0.15) is 11.5 Å². The van der Waals surface area contributed by atoms with Crippen molar-refractivity contribution in [3.63, 3.8) is 0 Å². The fourth-order valence-electron chi connectivity index (χ4n) is 3.65. The van der Waals surface area contributed by atoms with Crippen LogP contribution in [0.2, 0.25) is 0 Å². The Bertz CT molecular complexity index is 539. The molecule has 5 nitrogen and oxygen atoms in total. The molecule has 1 unspecified atom stereocenters. The third kappa shape index (κ3) is 3.64. The first-order chi connectivity index (χ1) is 10.6. The van der Waals surface area contributed by atoms with Crippen molar-refractivity contribution in [1.82, 2.24) is 20.2 Å².